The number of allylic oxidation sites excluding steroid dienone is 16. The summed E-state index contributed by atoms with van der Waals surface area (Å²) in [6.07, 6.45) is 101. The molecule has 2 unspecified atom stereocenters. The Bertz CT molecular complexity index is 1780. The Hall–Kier alpha value is -3.07. The Morgan fingerprint density at radius 1 is 0.348 bits per heavy atom. The van der Waals surface area contributed by atoms with E-state index in [1.54, 1.807) is 0 Å². The molecular weight excluding hydrogens is 1120 g/mol. The highest BCUT2D eigenvalue weighted by Crippen LogP contribution is 2.43. The largest absolute Gasteiger partial charge is 0.472 e. The van der Waals surface area contributed by atoms with Crippen LogP contribution in [0.4, 0.5) is 0 Å². The van der Waals surface area contributed by atoms with Crippen LogP contribution in [0.2, 0.25) is 0 Å². The summed E-state index contributed by atoms with van der Waals surface area (Å²) in [5.41, 5.74) is 5.41. The van der Waals surface area contributed by atoms with Gasteiger partial charge in [0, 0.05) is 19.4 Å². The molecule has 0 spiro atoms. The molecule has 0 radical (unpaired) electrons. The maximum atomic E-state index is 12.8. The van der Waals surface area contributed by atoms with Gasteiger partial charge in [0.2, 0.25) is 0 Å². The third kappa shape index (κ3) is 73.9. The summed E-state index contributed by atoms with van der Waals surface area (Å²) in [5.74, 6) is -0.831. The number of ether oxygens (including phenoxy) is 2. The summed E-state index contributed by atoms with van der Waals surface area (Å²) >= 11 is 0. The third-order valence-corrected chi connectivity index (χ3v) is 17.4. The van der Waals surface area contributed by atoms with Gasteiger partial charge in [0.15, 0.2) is 6.10 Å². The molecule has 0 aromatic heterocycles. The van der Waals surface area contributed by atoms with Crippen molar-refractivity contribution >= 4 is 19.8 Å². The molecule has 0 aliphatic heterocycles. The van der Waals surface area contributed by atoms with Crippen LogP contribution in [0.25, 0.3) is 0 Å². The average Bonchev–Trinajstić information content (AvgIpc) is 3.68. The van der Waals surface area contributed by atoms with Crippen molar-refractivity contribution in [3.05, 3.63) is 97.2 Å². The van der Waals surface area contributed by atoms with Gasteiger partial charge in [-0.2, -0.15) is 0 Å². The molecule has 0 aliphatic carbocycles. The molecule has 0 rings (SSSR count). The second kappa shape index (κ2) is 74.0. The zero-order valence-electron chi connectivity index (χ0n) is 58.2. The van der Waals surface area contributed by atoms with Crippen LogP contribution < -0.4 is 5.73 Å². The van der Waals surface area contributed by atoms with Crippen molar-refractivity contribution in [1.82, 2.24) is 0 Å². The lowest BCUT2D eigenvalue weighted by atomic mass is 10.0. The zero-order valence-corrected chi connectivity index (χ0v) is 59.1. The molecule has 0 aromatic carbocycles. The molecule has 2 atom stereocenters. The number of esters is 2. The van der Waals surface area contributed by atoms with Gasteiger partial charge in [0.05, 0.1) is 13.2 Å². The molecule has 0 heterocycles. The van der Waals surface area contributed by atoms with Gasteiger partial charge in [-0.3, -0.25) is 18.6 Å². The van der Waals surface area contributed by atoms with Crippen molar-refractivity contribution in [2.24, 2.45) is 5.73 Å². The highest BCUT2D eigenvalue weighted by Gasteiger charge is 2.26. The van der Waals surface area contributed by atoms with E-state index in [0.29, 0.717) is 6.42 Å². The second-order valence-corrected chi connectivity index (χ2v) is 26.6. The molecule has 0 saturated carbocycles. The molecule has 10 heteroatoms. The van der Waals surface area contributed by atoms with Gasteiger partial charge in [0.1, 0.15) is 6.61 Å². The average molecular weight is 1260 g/mol. The Balaban J connectivity index is 3.82. The van der Waals surface area contributed by atoms with E-state index >= 15 is 0 Å². The fourth-order valence-electron chi connectivity index (χ4n) is 10.9. The Morgan fingerprint density at radius 2 is 0.618 bits per heavy atom. The fourth-order valence-corrected chi connectivity index (χ4v) is 11.7. The van der Waals surface area contributed by atoms with Crippen LogP contribution in [-0.2, 0) is 32.7 Å². The van der Waals surface area contributed by atoms with Gasteiger partial charge in [0.25, 0.3) is 0 Å². The van der Waals surface area contributed by atoms with Gasteiger partial charge < -0.3 is 20.1 Å². The minimum Gasteiger partial charge on any atom is -0.462 e. The number of carbonyl (C=O) groups is 2. The number of phosphoric acid groups is 1. The van der Waals surface area contributed by atoms with Crippen molar-refractivity contribution in [3.63, 3.8) is 0 Å². The monoisotopic (exact) mass is 1260 g/mol. The van der Waals surface area contributed by atoms with E-state index in [4.69, 9.17) is 24.3 Å². The molecule has 0 aliphatic rings. The standard InChI is InChI=1S/C79H142NO8P/c1-3-5-7-9-11-13-15-17-19-21-23-25-27-29-31-33-34-35-36-37-38-39-40-41-42-44-45-47-49-51-53-55-57-59-61-63-65-67-69-71-78(81)85-75-77(76-87-89(83,84)86-74-73-80)88-79(82)72-70-68-66-64-62-60-58-56-54-52-50-48-46-43-32-30-28-26-24-22-20-18-16-14-12-10-8-6-4-2/h6,8,12,14,18,20-21,23-24,26,30,32,46,48,52,54,77H,3-5,7,9-11,13,15-17,19,22,25,27-29,31,33-45,47,49-51,53,55-76,80H2,1-2H3,(H,83,84)/b8-6-,14-12-,20-18-,23-21-,26-24-,32-30-,48-46-,54-52-. The number of hydrogen-bond donors (Lipinski definition) is 2. The van der Waals surface area contributed by atoms with E-state index in [2.05, 4.69) is 111 Å². The van der Waals surface area contributed by atoms with E-state index < -0.39 is 26.5 Å². The van der Waals surface area contributed by atoms with Crippen molar-refractivity contribution in [2.45, 2.75) is 367 Å². The molecule has 0 aromatic rings. The highest BCUT2D eigenvalue weighted by molar-refractivity contribution is 7.47. The van der Waals surface area contributed by atoms with E-state index in [9.17, 15) is 19.0 Å². The van der Waals surface area contributed by atoms with Gasteiger partial charge in [-0.25, -0.2) is 4.57 Å². The van der Waals surface area contributed by atoms with E-state index in [1.165, 1.54) is 238 Å². The maximum Gasteiger partial charge on any atom is 0.472 e. The fraction of sp³-hybridized carbons (Fsp3) is 0.772. The molecule has 89 heavy (non-hydrogen) atoms. The van der Waals surface area contributed by atoms with Crippen LogP contribution >= 0.6 is 7.82 Å². The Kier molecular flexibility index (Phi) is 71.4. The van der Waals surface area contributed by atoms with Crippen LogP contribution in [0.1, 0.15) is 361 Å². The first-order valence-electron chi connectivity index (χ1n) is 37.7. The minimum absolute atomic E-state index is 0.0484. The normalized spacial score (nSPS) is 13.4. The summed E-state index contributed by atoms with van der Waals surface area (Å²) < 4.78 is 33.2. The zero-order chi connectivity index (χ0) is 64.4. The molecule has 0 saturated heterocycles. The number of phosphoric ester groups is 1. The van der Waals surface area contributed by atoms with E-state index in [-0.39, 0.29) is 38.6 Å². The first kappa shape index (κ1) is 85.9. The van der Waals surface area contributed by atoms with Crippen LogP contribution in [0.5, 0.6) is 0 Å². The quantitative estimate of drug-likeness (QED) is 0.0264. The van der Waals surface area contributed by atoms with Crippen LogP contribution in [-0.4, -0.2) is 49.3 Å². The van der Waals surface area contributed by atoms with Crippen molar-refractivity contribution in [2.75, 3.05) is 26.4 Å². The second-order valence-electron chi connectivity index (χ2n) is 25.1. The number of rotatable bonds is 71. The van der Waals surface area contributed by atoms with E-state index in [1.807, 2.05) is 0 Å². The van der Waals surface area contributed by atoms with E-state index in [0.717, 1.165) is 89.9 Å². The summed E-state index contributed by atoms with van der Waals surface area (Å²) in [4.78, 5) is 35.4. The summed E-state index contributed by atoms with van der Waals surface area (Å²) in [6.45, 7) is 3.66. The first-order chi connectivity index (χ1) is 43.8. The maximum absolute atomic E-state index is 12.8. The predicted molar refractivity (Wildman–Crippen MR) is 385 cm³/mol. The molecule has 0 fully saturated rings. The Morgan fingerprint density at radius 3 is 0.933 bits per heavy atom. The van der Waals surface area contributed by atoms with Crippen molar-refractivity contribution in [1.29, 1.82) is 0 Å². The van der Waals surface area contributed by atoms with Gasteiger partial charge in [-0.15, -0.1) is 0 Å². The van der Waals surface area contributed by atoms with Crippen LogP contribution in [0, 0.1) is 0 Å². The number of carbonyl (C=O) groups excluding carboxylic acids is 2. The molecule has 3 N–H and O–H groups in total. The molecule has 516 valence electrons. The summed E-state index contributed by atoms with van der Waals surface area (Å²) in [7, 11) is -4.40. The highest BCUT2D eigenvalue weighted by atomic mass is 31.2. The van der Waals surface area contributed by atoms with Gasteiger partial charge in [-0.05, 0) is 96.3 Å². The summed E-state index contributed by atoms with van der Waals surface area (Å²) in [5, 5.41) is 0. The van der Waals surface area contributed by atoms with Gasteiger partial charge >= 0.3 is 19.8 Å². The number of nitrogens with two attached hydrogens (primary N) is 1. The summed E-state index contributed by atoms with van der Waals surface area (Å²) in [6, 6.07) is 0. The SMILES string of the molecule is CC/C=C\C/C=C\C/C=C\C/C=C\C/C=C\C/C=C\C/C=C\CCCCCCCCCC(=O)OC(COC(=O)CCCCCCCCCCCCCCCCCCCCCCCCCCCCC/C=C\CCCCCCCCCC)COP(=O)(O)OCCN. The van der Waals surface area contributed by atoms with Gasteiger partial charge in [-0.1, -0.05) is 349 Å². The number of hydrogen-bond acceptors (Lipinski definition) is 8. The lowest BCUT2D eigenvalue weighted by Gasteiger charge is -2.19. The third-order valence-electron chi connectivity index (χ3n) is 16.5. The van der Waals surface area contributed by atoms with Crippen molar-refractivity contribution < 1.29 is 37.6 Å². The smallest absolute Gasteiger partial charge is 0.462 e. The topological polar surface area (TPSA) is 134 Å². The van der Waals surface area contributed by atoms with Crippen molar-refractivity contribution in [3.8, 4) is 0 Å². The lowest BCUT2D eigenvalue weighted by Crippen LogP contribution is -2.29. The minimum atomic E-state index is -4.40. The lowest BCUT2D eigenvalue weighted by molar-refractivity contribution is -0.161. The van der Waals surface area contributed by atoms with Crippen LogP contribution in [0.15, 0.2) is 97.2 Å². The Labute approximate surface area is 550 Å². The molecule has 9 nitrogen and oxygen atoms in total. The molecule has 0 amide bonds. The molecule has 0 bridgehead atoms. The number of unbranched alkanes of at least 4 members (excludes halogenated alkanes) is 42. The van der Waals surface area contributed by atoms with Crippen LogP contribution in [0.3, 0.4) is 0 Å². The molecular formula is C79H142NO8P. The first-order valence-corrected chi connectivity index (χ1v) is 39.2. The predicted octanol–water partition coefficient (Wildman–Crippen LogP) is 25.1.